The van der Waals surface area contributed by atoms with Crippen molar-refractivity contribution in [2.45, 2.75) is 50.9 Å². The molecule has 1 amide bonds. The SMILES string of the molecule is COc1cc(C)c(NC(=O)C2CCC(C3CC3)N2)cc1F.O=C(O)C(F)(F)F. The van der Waals surface area contributed by atoms with Crippen molar-refractivity contribution >= 4 is 17.6 Å². The number of amides is 1. The van der Waals surface area contributed by atoms with Crippen molar-refractivity contribution in [1.82, 2.24) is 5.32 Å². The van der Waals surface area contributed by atoms with E-state index in [2.05, 4.69) is 10.6 Å². The molecule has 2 atom stereocenters. The first kappa shape index (κ1) is 21.9. The summed E-state index contributed by atoms with van der Waals surface area (Å²) < 4.78 is 50.4. The number of carbonyl (C=O) groups is 2. The van der Waals surface area contributed by atoms with Crippen LogP contribution in [0.3, 0.4) is 0 Å². The zero-order chi connectivity index (χ0) is 21.1. The number of anilines is 1. The van der Waals surface area contributed by atoms with Gasteiger partial charge in [-0.05, 0) is 50.2 Å². The van der Waals surface area contributed by atoms with Gasteiger partial charge in [0, 0.05) is 17.8 Å². The molecule has 2 aliphatic rings. The highest BCUT2D eigenvalue weighted by molar-refractivity contribution is 5.95. The number of carboxylic acids is 1. The second-order valence-corrected chi connectivity index (χ2v) is 6.83. The number of halogens is 4. The van der Waals surface area contributed by atoms with Crippen LogP contribution in [0.4, 0.5) is 23.2 Å². The van der Waals surface area contributed by atoms with Gasteiger partial charge < -0.3 is 20.5 Å². The van der Waals surface area contributed by atoms with Gasteiger partial charge in [-0.15, -0.1) is 0 Å². The monoisotopic (exact) mass is 406 g/mol. The van der Waals surface area contributed by atoms with Gasteiger partial charge in [0.2, 0.25) is 5.91 Å². The third-order valence-electron chi connectivity index (χ3n) is 4.69. The number of hydrogen-bond donors (Lipinski definition) is 3. The number of ether oxygens (including phenoxy) is 1. The Morgan fingerprint density at radius 2 is 1.82 bits per heavy atom. The van der Waals surface area contributed by atoms with E-state index in [0.717, 1.165) is 24.3 Å². The fourth-order valence-corrected chi connectivity index (χ4v) is 3.01. The predicted octanol–water partition coefficient (Wildman–Crippen LogP) is 3.25. The molecular weight excluding hydrogens is 384 g/mol. The van der Waals surface area contributed by atoms with Crippen LogP contribution in [0.15, 0.2) is 12.1 Å². The van der Waals surface area contributed by atoms with Crippen molar-refractivity contribution in [3.63, 3.8) is 0 Å². The highest BCUT2D eigenvalue weighted by Gasteiger charge is 2.39. The summed E-state index contributed by atoms with van der Waals surface area (Å²) in [6.45, 7) is 1.83. The van der Waals surface area contributed by atoms with Crippen molar-refractivity contribution in [1.29, 1.82) is 0 Å². The lowest BCUT2D eigenvalue weighted by atomic mass is 10.1. The lowest BCUT2D eigenvalue weighted by molar-refractivity contribution is -0.192. The van der Waals surface area contributed by atoms with Gasteiger partial charge in [-0.25, -0.2) is 9.18 Å². The second-order valence-electron chi connectivity index (χ2n) is 6.83. The average Bonchev–Trinajstić information content (AvgIpc) is 3.34. The van der Waals surface area contributed by atoms with Crippen molar-refractivity contribution < 1.29 is 37.0 Å². The molecule has 0 radical (unpaired) electrons. The molecule has 1 aliphatic carbocycles. The Labute approximate surface area is 159 Å². The Kier molecular flexibility index (Phi) is 6.87. The highest BCUT2D eigenvalue weighted by Crippen LogP contribution is 2.37. The molecule has 1 saturated heterocycles. The molecule has 0 bridgehead atoms. The van der Waals surface area contributed by atoms with Crippen molar-refractivity contribution in [3.8, 4) is 5.75 Å². The number of benzene rings is 1. The number of rotatable bonds is 4. The summed E-state index contributed by atoms with van der Waals surface area (Å²) in [6.07, 6.45) is -0.632. The maximum absolute atomic E-state index is 13.7. The molecule has 156 valence electrons. The van der Waals surface area contributed by atoms with Crippen LogP contribution < -0.4 is 15.4 Å². The Bertz CT molecular complexity index is 735. The highest BCUT2D eigenvalue weighted by atomic mass is 19.4. The number of carbonyl (C=O) groups excluding carboxylic acids is 1. The number of aryl methyl sites for hydroxylation is 1. The predicted molar refractivity (Wildman–Crippen MR) is 92.7 cm³/mol. The Hall–Kier alpha value is -2.36. The number of nitrogens with one attached hydrogen (secondary N) is 2. The molecule has 1 aromatic carbocycles. The molecule has 1 saturated carbocycles. The summed E-state index contributed by atoms with van der Waals surface area (Å²) in [5.74, 6) is -2.35. The van der Waals surface area contributed by atoms with Crippen LogP contribution >= 0.6 is 0 Å². The molecular formula is C18H22F4N2O4. The van der Waals surface area contributed by atoms with Crippen LogP contribution in [0, 0.1) is 18.7 Å². The van der Waals surface area contributed by atoms with Gasteiger partial charge in [-0.3, -0.25) is 4.79 Å². The number of carboxylic acid groups (broad SMARTS) is 1. The fourth-order valence-electron chi connectivity index (χ4n) is 3.01. The summed E-state index contributed by atoms with van der Waals surface area (Å²) in [5.41, 5.74) is 1.30. The van der Waals surface area contributed by atoms with Crippen LogP contribution in [0.5, 0.6) is 5.75 Å². The summed E-state index contributed by atoms with van der Waals surface area (Å²) in [4.78, 5) is 21.2. The first-order chi connectivity index (χ1) is 13.0. The maximum Gasteiger partial charge on any atom is 0.490 e. The molecule has 28 heavy (non-hydrogen) atoms. The normalized spacial score (nSPS) is 21.5. The van der Waals surface area contributed by atoms with E-state index < -0.39 is 18.0 Å². The Balaban J connectivity index is 0.000000345. The van der Waals surface area contributed by atoms with Crippen LogP contribution in [-0.4, -0.2) is 42.4 Å². The van der Waals surface area contributed by atoms with Crippen LogP contribution in [0.1, 0.15) is 31.2 Å². The lowest BCUT2D eigenvalue weighted by Crippen LogP contribution is -2.39. The molecule has 1 heterocycles. The van der Waals surface area contributed by atoms with Crippen molar-refractivity contribution in [2.75, 3.05) is 12.4 Å². The molecule has 3 rings (SSSR count). The maximum atomic E-state index is 13.7. The topological polar surface area (TPSA) is 87.7 Å². The average molecular weight is 406 g/mol. The standard InChI is InChI=1S/C16H21FN2O2.C2HF3O2/c1-9-7-15(21-2)11(17)8-14(9)19-16(20)13-6-5-12(18-13)10-3-4-10;3-2(4,5)1(6)7/h7-8,10,12-13,18H,3-6H2,1-2H3,(H,19,20);(H,6,7). The number of alkyl halides is 3. The van der Waals surface area contributed by atoms with E-state index >= 15 is 0 Å². The van der Waals surface area contributed by atoms with Gasteiger partial charge in [-0.1, -0.05) is 0 Å². The van der Waals surface area contributed by atoms with Crippen LogP contribution in [0.2, 0.25) is 0 Å². The van der Waals surface area contributed by atoms with Gasteiger partial charge in [0.05, 0.1) is 13.2 Å². The summed E-state index contributed by atoms with van der Waals surface area (Å²) in [6, 6.07) is 3.23. The van der Waals surface area contributed by atoms with Crippen LogP contribution in [0.25, 0.3) is 0 Å². The van der Waals surface area contributed by atoms with E-state index in [4.69, 9.17) is 14.6 Å². The molecule has 2 fully saturated rings. The van der Waals surface area contributed by atoms with Crippen LogP contribution in [-0.2, 0) is 9.59 Å². The largest absolute Gasteiger partial charge is 0.494 e. The molecule has 1 aromatic rings. The molecule has 3 N–H and O–H groups in total. The number of methoxy groups -OCH3 is 1. The minimum Gasteiger partial charge on any atom is -0.494 e. The quantitative estimate of drug-likeness (QED) is 0.669. The Morgan fingerprint density at radius 3 is 2.32 bits per heavy atom. The first-order valence-electron chi connectivity index (χ1n) is 8.74. The number of aliphatic carboxylic acids is 1. The Morgan fingerprint density at radius 1 is 1.21 bits per heavy atom. The first-order valence-corrected chi connectivity index (χ1v) is 8.74. The van der Waals surface area contributed by atoms with E-state index in [1.807, 2.05) is 6.92 Å². The molecule has 2 unspecified atom stereocenters. The van der Waals surface area contributed by atoms with Crippen molar-refractivity contribution in [3.05, 3.63) is 23.5 Å². The van der Waals surface area contributed by atoms with E-state index in [-0.39, 0.29) is 17.7 Å². The van der Waals surface area contributed by atoms with E-state index in [1.54, 1.807) is 6.07 Å². The molecule has 0 spiro atoms. The second kappa shape index (κ2) is 8.76. The summed E-state index contributed by atoms with van der Waals surface area (Å²) >= 11 is 0. The summed E-state index contributed by atoms with van der Waals surface area (Å²) in [7, 11) is 1.43. The van der Waals surface area contributed by atoms with Gasteiger partial charge in [-0.2, -0.15) is 13.2 Å². The minimum atomic E-state index is -5.08. The minimum absolute atomic E-state index is 0.0779. The third kappa shape index (κ3) is 5.82. The fraction of sp³-hybridized carbons (Fsp3) is 0.556. The van der Waals surface area contributed by atoms with Gasteiger partial charge in [0.15, 0.2) is 11.6 Å². The third-order valence-corrected chi connectivity index (χ3v) is 4.69. The van der Waals surface area contributed by atoms with Gasteiger partial charge >= 0.3 is 12.1 Å². The van der Waals surface area contributed by atoms with E-state index in [1.165, 1.54) is 26.0 Å². The van der Waals surface area contributed by atoms with Gasteiger partial charge in [0.1, 0.15) is 0 Å². The zero-order valence-electron chi connectivity index (χ0n) is 15.4. The molecule has 10 heteroatoms. The van der Waals surface area contributed by atoms with E-state index in [0.29, 0.717) is 11.7 Å². The number of hydrogen-bond acceptors (Lipinski definition) is 4. The van der Waals surface area contributed by atoms with E-state index in [9.17, 15) is 22.4 Å². The molecule has 6 nitrogen and oxygen atoms in total. The smallest absolute Gasteiger partial charge is 0.490 e. The molecule has 1 aliphatic heterocycles. The molecule has 0 aromatic heterocycles. The van der Waals surface area contributed by atoms with Crippen molar-refractivity contribution in [2.24, 2.45) is 5.92 Å². The lowest BCUT2D eigenvalue weighted by Gasteiger charge is -2.16. The summed E-state index contributed by atoms with van der Waals surface area (Å²) in [5, 5.41) is 13.4. The van der Waals surface area contributed by atoms with Gasteiger partial charge in [0.25, 0.3) is 0 Å². The zero-order valence-corrected chi connectivity index (χ0v) is 15.4.